The fourth-order valence-corrected chi connectivity index (χ4v) is 5.13. The van der Waals surface area contributed by atoms with E-state index in [1.165, 1.54) is 14.2 Å². The lowest BCUT2D eigenvalue weighted by Crippen LogP contribution is -2.07. The summed E-state index contributed by atoms with van der Waals surface area (Å²) in [6.07, 6.45) is 0. The van der Waals surface area contributed by atoms with Crippen LogP contribution in [0.3, 0.4) is 0 Å². The first-order valence-corrected chi connectivity index (χ1v) is 9.35. The summed E-state index contributed by atoms with van der Waals surface area (Å²) >= 11 is 2.55. The van der Waals surface area contributed by atoms with Crippen LogP contribution in [0.5, 0.6) is 6.01 Å². The van der Waals surface area contributed by atoms with Crippen LogP contribution in [-0.2, 0) is 12.9 Å². The summed E-state index contributed by atoms with van der Waals surface area (Å²) in [5, 5.41) is 0.663. The molecule has 11 heteroatoms. The SMILES string of the molecule is COSP(=O)(Oc1nsc(N(C)C)n1)SOC. The van der Waals surface area contributed by atoms with Gasteiger partial charge < -0.3 is 17.8 Å². The van der Waals surface area contributed by atoms with Crippen LogP contribution >= 0.6 is 40.6 Å². The first kappa shape index (κ1) is 15.1. The summed E-state index contributed by atoms with van der Waals surface area (Å²) in [5.41, 5.74) is 0. The van der Waals surface area contributed by atoms with Gasteiger partial charge in [0, 0.05) is 25.6 Å². The summed E-state index contributed by atoms with van der Waals surface area (Å²) in [7, 11) is 6.46. The van der Waals surface area contributed by atoms with Gasteiger partial charge in [0.25, 0.3) is 0 Å². The molecule has 0 aromatic carbocycles. The molecule has 0 aliphatic carbocycles. The monoisotopic (exact) mass is 317 g/mol. The fourth-order valence-electron chi connectivity index (χ4n) is 0.747. The van der Waals surface area contributed by atoms with Gasteiger partial charge in [0.05, 0.1) is 14.2 Å². The van der Waals surface area contributed by atoms with Crippen LogP contribution in [0, 0.1) is 0 Å². The Balaban J connectivity index is 2.75. The summed E-state index contributed by atoms with van der Waals surface area (Å²) < 4.78 is 30.8. The van der Waals surface area contributed by atoms with Crippen molar-refractivity contribution in [3.05, 3.63) is 0 Å². The van der Waals surface area contributed by atoms with E-state index < -0.39 is 5.77 Å². The van der Waals surface area contributed by atoms with Crippen molar-refractivity contribution in [3.8, 4) is 6.01 Å². The van der Waals surface area contributed by atoms with Gasteiger partial charge in [-0.25, -0.2) is 4.57 Å². The van der Waals surface area contributed by atoms with Crippen LogP contribution in [0.4, 0.5) is 5.13 Å². The highest BCUT2D eigenvalue weighted by atomic mass is 33.1. The quantitative estimate of drug-likeness (QED) is 0.557. The second-order valence-corrected chi connectivity index (χ2v) is 10.0. The number of hydrogen-bond acceptors (Lipinski definition) is 10. The average molecular weight is 317 g/mol. The lowest BCUT2D eigenvalue weighted by atomic mass is 10.9. The Kier molecular flexibility index (Phi) is 6.04. The van der Waals surface area contributed by atoms with Crippen molar-refractivity contribution >= 4 is 45.8 Å². The Hall–Kier alpha value is 0.01000. The number of rotatable bonds is 7. The third-order valence-electron chi connectivity index (χ3n) is 1.30. The molecule has 0 aliphatic heterocycles. The largest absolute Gasteiger partial charge is 0.414 e. The molecule has 1 aromatic rings. The highest BCUT2D eigenvalue weighted by Crippen LogP contribution is 2.69. The molecule has 0 fully saturated rings. The molecule has 0 atom stereocenters. The smallest absolute Gasteiger partial charge is 0.391 e. The predicted molar refractivity (Wildman–Crippen MR) is 71.7 cm³/mol. The molecule has 0 radical (unpaired) electrons. The minimum absolute atomic E-state index is 0.0520. The van der Waals surface area contributed by atoms with Crippen molar-refractivity contribution in [2.75, 3.05) is 33.2 Å². The first-order chi connectivity index (χ1) is 8.00. The Labute approximate surface area is 112 Å². The Morgan fingerprint density at radius 3 is 2.29 bits per heavy atom. The average Bonchev–Trinajstić information content (AvgIpc) is 2.66. The van der Waals surface area contributed by atoms with E-state index in [0.717, 1.165) is 11.5 Å². The maximum Gasteiger partial charge on any atom is 0.414 e. The maximum absolute atomic E-state index is 12.1. The molecule has 7 nitrogen and oxygen atoms in total. The highest BCUT2D eigenvalue weighted by Gasteiger charge is 2.31. The molecule has 0 aliphatic rings. The second kappa shape index (κ2) is 6.81. The van der Waals surface area contributed by atoms with Gasteiger partial charge in [-0.05, 0) is 0 Å². The Bertz CT molecular complexity index is 392. The first-order valence-electron chi connectivity index (χ1n) is 4.26. The van der Waals surface area contributed by atoms with Crippen LogP contribution in [0.2, 0.25) is 0 Å². The lowest BCUT2D eigenvalue weighted by molar-refractivity contribution is 0.463. The van der Waals surface area contributed by atoms with Gasteiger partial charge in [-0.15, -0.1) is 4.37 Å². The zero-order chi connectivity index (χ0) is 12.9. The topological polar surface area (TPSA) is 73.8 Å². The van der Waals surface area contributed by atoms with Crippen molar-refractivity contribution in [1.29, 1.82) is 0 Å². The van der Waals surface area contributed by atoms with Crippen LogP contribution in [0.1, 0.15) is 0 Å². The molecule has 17 heavy (non-hydrogen) atoms. The van der Waals surface area contributed by atoms with Crippen LogP contribution < -0.4 is 9.42 Å². The standard InChI is InChI=1S/C6H12N3O4PS3/c1-9(2)6-7-5(8-15-6)13-14(10,16-11-3)17-12-4/h1-4H3. The van der Waals surface area contributed by atoms with Crippen LogP contribution in [0.25, 0.3) is 0 Å². The van der Waals surface area contributed by atoms with Gasteiger partial charge in [0.2, 0.25) is 5.13 Å². The van der Waals surface area contributed by atoms with Crippen molar-refractivity contribution in [3.63, 3.8) is 0 Å². The van der Waals surface area contributed by atoms with Gasteiger partial charge in [-0.2, -0.15) is 4.98 Å². The zero-order valence-corrected chi connectivity index (χ0v) is 13.0. The van der Waals surface area contributed by atoms with Gasteiger partial charge in [-0.1, -0.05) is 0 Å². The van der Waals surface area contributed by atoms with E-state index in [0.29, 0.717) is 28.5 Å². The molecule has 0 unspecified atom stereocenters. The minimum Gasteiger partial charge on any atom is -0.391 e. The van der Waals surface area contributed by atoms with Gasteiger partial charge in [0.15, 0.2) is 0 Å². The van der Waals surface area contributed by atoms with Crippen LogP contribution in [0.15, 0.2) is 0 Å². The van der Waals surface area contributed by atoms with E-state index in [2.05, 4.69) is 9.36 Å². The van der Waals surface area contributed by atoms with Gasteiger partial charge in [-0.3, -0.25) is 0 Å². The van der Waals surface area contributed by atoms with E-state index in [1.807, 2.05) is 14.1 Å². The Morgan fingerprint density at radius 1 is 1.29 bits per heavy atom. The minimum atomic E-state index is -3.21. The summed E-state index contributed by atoms with van der Waals surface area (Å²) in [6, 6.07) is 0.0520. The van der Waals surface area contributed by atoms with Crippen molar-refractivity contribution < 1.29 is 17.5 Å². The molecule has 0 spiro atoms. The normalized spacial score (nSPS) is 11.5. The van der Waals surface area contributed by atoms with Gasteiger partial charge in [0.1, 0.15) is 23.3 Å². The van der Waals surface area contributed by atoms with Crippen molar-refractivity contribution in [1.82, 2.24) is 9.36 Å². The van der Waals surface area contributed by atoms with E-state index >= 15 is 0 Å². The number of hydrogen-bond donors (Lipinski definition) is 0. The summed E-state index contributed by atoms with van der Waals surface area (Å²) in [5.74, 6) is -3.21. The van der Waals surface area contributed by atoms with E-state index in [4.69, 9.17) is 12.9 Å². The van der Waals surface area contributed by atoms with Gasteiger partial charge >= 0.3 is 11.8 Å². The molecule has 98 valence electrons. The third-order valence-corrected chi connectivity index (χ3v) is 6.75. The van der Waals surface area contributed by atoms with E-state index in [-0.39, 0.29) is 6.01 Å². The summed E-state index contributed by atoms with van der Waals surface area (Å²) in [6.45, 7) is 0. The molecule has 0 saturated carbocycles. The number of anilines is 1. The molecule has 0 amide bonds. The number of aromatic nitrogens is 2. The molecule has 1 aromatic heterocycles. The third kappa shape index (κ3) is 4.65. The Morgan fingerprint density at radius 2 is 1.88 bits per heavy atom. The van der Waals surface area contributed by atoms with Crippen molar-refractivity contribution in [2.45, 2.75) is 0 Å². The molecule has 0 N–H and O–H groups in total. The molecule has 1 heterocycles. The predicted octanol–water partition coefficient (Wildman–Crippen LogP) is 2.68. The fraction of sp³-hybridized carbons (Fsp3) is 0.667. The lowest BCUT2D eigenvalue weighted by Gasteiger charge is -2.11. The highest BCUT2D eigenvalue weighted by molar-refractivity contribution is 8.87. The van der Waals surface area contributed by atoms with Crippen molar-refractivity contribution in [2.24, 2.45) is 0 Å². The van der Waals surface area contributed by atoms with E-state index in [1.54, 1.807) is 4.90 Å². The summed E-state index contributed by atoms with van der Waals surface area (Å²) in [4.78, 5) is 5.84. The second-order valence-electron chi connectivity index (χ2n) is 2.77. The molecular weight excluding hydrogens is 305 g/mol. The molecule has 0 bridgehead atoms. The number of nitrogens with zero attached hydrogens (tertiary/aromatic N) is 3. The molecule has 0 saturated heterocycles. The maximum atomic E-state index is 12.1. The molecular formula is C6H12N3O4PS3. The molecule has 1 rings (SSSR count). The van der Waals surface area contributed by atoms with E-state index in [9.17, 15) is 4.57 Å². The zero-order valence-electron chi connectivity index (χ0n) is 9.65. The van der Waals surface area contributed by atoms with Crippen LogP contribution in [-0.4, -0.2) is 37.7 Å².